The molecule has 1 aliphatic heterocycles. The van der Waals surface area contributed by atoms with Gasteiger partial charge in [-0.05, 0) is 55.8 Å². The summed E-state index contributed by atoms with van der Waals surface area (Å²) in [6.07, 6.45) is 3.85. The summed E-state index contributed by atoms with van der Waals surface area (Å²) >= 11 is 0. The van der Waals surface area contributed by atoms with Crippen LogP contribution in [0.4, 0.5) is 8.78 Å². The number of hydrogen-bond donors (Lipinski definition) is 4. The Morgan fingerprint density at radius 3 is 2.29 bits per heavy atom. The number of nitrogens with one attached hydrogen (secondary N) is 4. The number of Topliss-reactive ketones (excluding diaryl/α,β-unsaturated/α-hetero) is 1. The molecule has 270 valence electrons. The Hall–Kier alpha value is -4.30. The van der Waals surface area contributed by atoms with Crippen LogP contribution in [0.15, 0.2) is 30.4 Å². The van der Waals surface area contributed by atoms with E-state index >= 15 is 0 Å². The van der Waals surface area contributed by atoms with Gasteiger partial charge in [-0.1, -0.05) is 48.0 Å². The lowest BCUT2D eigenvalue weighted by atomic mass is 9.87. The largest absolute Gasteiger partial charge is 0.347 e. The number of likely N-dealkylation sites (tertiary alicyclic amines) is 1. The van der Waals surface area contributed by atoms with Gasteiger partial charge in [0.1, 0.15) is 23.8 Å². The molecule has 5 amide bonds. The maximum absolute atomic E-state index is 14.4. The third kappa shape index (κ3) is 10.6. The van der Waals surface area contributed by atoms with Crippen LogP contribution in [0.1, 0.15) is 91.1 Å². The number of nitrogens with zero attached hydrogens (tertiary/aromatic N) is 3. The van der Waals surface area contributed by atoms with E-state index in [1.807, 2.05) is 20.8 Å². The van der Waals surface area contributed by atoms with E-state index in [9.17, 15) is 37.5 Å². The summed E-state index contributed by atoms with van der Waals surface area (Å²) in [5, 5.41) is 10.1. The van der Waals surface area contributed by atoms with Crippen LogP contribution >= 0.6 is 0 Å². The van der Waals surface area contributed by atoms with E-state index < -0.39 is 77.0 Å². The SMILES string of the molecule is CCC(C)NC(=O)C(=O)/C(=C\C(F)F)NC(=O)[C@@H]1C2CCCC2CN1C(=O)[C@H](CC(C)(C)C)NC(=O)[C@@H](NC(=O)c1cnccn1)C(C)C. The molecule has 2 fully saturated rings. The van der Waals surface area contributed by atoms with Gasteiger partial charge in [0.25, 0.3) is 24.0 Å². The lowest BCUT2D eigenvalue weighted by Crippen LogP contribution is -2.59. The normalized spacial score (nSPS) is 21.1. The molecule has 0 bridgehead atoms. The molecule has 4 N–H and O–H groups in total. The smallest absolute Gasteiger partial charge is 0.294 e. The van der Waals surface area contributed by atoms with Gasteiger partial charge in [-0.2, -0.15) is 0 Å². The molecule has 1 aromatic rings. The maximum Gasteiger partial charge on any atom is 0.294 e. The lowest BCUT2D eigenvalue weighted by Gasteiger charge is -2.34. The predicted octanol–water partition coefficient (Wildman–Crippen LogP) is 2.53. The molecule has 0 spiro atoms. The van der Waals surface area contributed by atoms with E-state index in [2.05, 4.69) is 31.2 Å². The average Bonchev–Trinajstić information content (AvgIpc) is 3.63. The molecule has 0 radical (unpaired) electrons. The third-order valence-corrected chi connectivity index (χ3v) is 8.90. The van der Waals surface area contributed by atoms with Gasteiger partial charge < -0.3 is 26.2 Å². The van der Waals surface area contributed by atoms with Crippen molar-refractivity contribution in [1.29, 1.82) is 0 Å². The summed E-state index contributed by atoms with van der Waals surface area (Å²) in [7, 11) is 0. The lowest BCUT2D eigenvalue weighted by molar-refractivity contribution is -0.143. The van der Waals surface area contributed by atoms with Crippen molar-refractivity contribution in [1.82, 2.24) is 36.1 Å². The second kappa shape index (κ2) is 16.9. The molecular formula is C34H49F2N7O6. The van der Waals surface area contributed by atoms with Gasteiger partial charge in [0.05, 0.1) is 11.9 Å². The fourth-order valence-electron chi connectivity index (χ4n) is 6.33. The first kappa shape index (κ1) is 39.1. The van der Waals surface area contributed by atoms with E-state index in [-0.39, 0.29) is 42.5 Å². The summed E-state index contributed by atoms with van der Waals surface area (Å²) in [4.78, 5) is 89.4. The highest BCUT2D eigenvalue weighted by Crippen LogP contribution is 2.43. The minimum atomic E-state index is -3.15. The number of carbonyl (C=O) groups excluding carboxylic acids is 6. The van der Waals surface area contributed by atoms with Gasteiger partial charge in [0.15, 0.2) is 0 Å². The van der Waals surface area contributed by atoms with E-state index in [1.165, 1.54) is 23.5 Å². The molecule has 3 rings (SSSR count). The molecule has 15 heteroatoms. The Balaban J connectivity index is 1.89. The first-order valence-electron chi connectivity index (χ1n) is 16.8. The van der Waals surface area contributed by atoms with Gasteiger partial charge >= 0.3 is 0 Å². The minimum Gasteiger partial charge on any atom is -0.347 e. The number of allylic oxidation sites excluding steroid dienone is 1. The molecular weight excluding hydrogens is 640 g/mol. The number of alkyl halides is 2. The van der Waals surface area contributed by atoms with Crippen molar-refractivity contribution in [3.63, 3.8) is 0 Å². The van der Waals surface area contributed by atoms with Crippen molar-refractivity contribution >= 4 is 35.3 Å². The van der Waals surface area contributed by atoms with Gasteiger partial charge in [-0.15, -0.1) is 0 Å². The van der Waals surface area contributed by atoms with Gasteiger partial charge in [-0.3, -0.25) is 33.8 Å². The second-order valence-electron chi connectivity index (χ2n) is 14.4. The number of carbonyl (C=O) groups is 6. The van der Waals surface area contributed by atoms with Gasteiger partial charge in [0, 0.05) is 31.1 Å². The molecule has 0 aromatic carbocycles. The highest BCUT2D eigenvalue weighted by atomic mass is 19.3. The zero-order valence-corrected chi connectivity index (χ0v) is 29.2. The van der Waals surface area contributed by atoms with E-state index in [1.54, 1.807) is 27.7 Å². The van der Waals surface area contributed by atoms with Crippen LogP contribution in [0.5, 0.6) is 0 Å². The molecule has 1 saturated carbocycles. The third-order valence-electron chi connectivity index (χ3n) is 8.90. The topological polar surface area (TPSA) is 180 Å². The van der Waals surface area contributed by atoms with E-state index in [0.29, 0.717) is 12.8 Å². The quantitative estimate of drug-likeness (QED) is 0.170. The first-order valence-corrected chi connectivity index (χ1v) is 16.8. The van der Waals surface area contributed by atoms with Crippen molar-refractivity contribution in [3.05, 3.63) is 36.1 Å². The van der Waals surface area contributed by atoms with Crippen molar-refractivity contribution in [2.45, 2.75) is 111 Å². The second-order valence-corrected chi connectivity index (χ2v) is 14.4. The van der Waals surface area contributed by atoms with Crippen LogP contribution < -0.4 is 21.3 Å². The molecule has 2 aliphatic rings. The average molecular weight is 690 g/mol. The van der Waals surface area contributed by atoms with Crippen molar-refractivity contribution in [3.8, 4) is 0 Å². The van der Waals surface area contributed by atoms with Gasteiger partial charge in [-0.25, -0.2) is 13.8 Å². The van der Waals surface area contributed by atoms with Crippen molar-refractivity contribution in [2.75, 3.05) is 6.54 Å². The number of amides is 5. The van der Waals surface area contributed by atoms with E-state index in [0.717, 1.165) is 12.8 Å². The molecule has 3 unspecified atom stereocenters. The highest BCUT2D eigenvalue weighted by Gasteiger charge is 2.51. The summed E-state index contributed by atoms with van der Waals surface area (Å²) in [5.41, 5.74) is -1.33. The van der Waals surface area contributed by atoms with Crippen LogP contribution in [0.25, 0.3) is 0 Å². The zero-order chi connectivity index (χ0) is 36.6. The van der Waals surface area contributed by atoms with Crippen molar-refractivity contribution in [2.24, 2.45) is 23.2 Å². The first-order chi connectivity index (χ1) is 22.9. The molecule has 13 nitrogen and oxygen atoms in total. The molecule has 49 heavy (non-hydrogen) atoms. The minimum absolute atomic E-state index is 0.0110. The molecule has 2 heterocycles. The Morgan fingerprint density at radius 1 is 1.02 bits per heavy atom. The van der Waals surface area contributed by atoms with E-state index in [4.69, 9.17) is 0 Å². The number of rotatable bonds is 14. The number of hydrogen-bond acceptors (Lipinski definition) is 8. The van der Waals surface area contributed by atoms with Crippen LogP contribution in [0.2, 0.25) is 0 Å². The zero-order valence-electron chi connectivity index (χ0n) is 29.2. The van der Waals surface area contributed by atoms with Crippen LogP contribution in [-0.4, -0.2) is 87.3 Å². The predicted molar refractivity (Wildman–Crippen MR) is 176 cm³/mol. The summed E-state index contributed by atoms with van der Waals surface area (Å²) in [5.74, 6) is -5.88. The van der Waals surface area contributed by atoms with Crippen molar-refractivity contribution < 1.29 is 37.5 Å². The molecule has 1 saturated heterocycles. The number of fused-ring (bicyclic) bond motifs is 1. The maximum atomic E-state index is 14.4. The standard InChI is InChI=1S/C34H49F2N7O6/c1-8-19(4)39-32(48)28(44)22(14-25(35)36)40-31(47)27-21-11-9-10-20(21)17-43(27)33(49)23(15-34(5,6)7)41-30(46)26(18(2)3)42-29(45)24-16-37-12-13-38-24/h12-14,16,18-21,23,25-27H,8-11,15,17H2,1-7H3,(H,39,48)(H,40,47)(H,41,46)(H,42,45)/b22-14+/t19?,20?,21?,23-,26-,27-/m0/s1. The van der Waals surface area contributed by atoms with Crippen LogP contribution in [0, 0.1) is 23.2 Å². The van der Waals surface area contributed by atoms with Gasteiger partial charge in [0.2, 0.25) is 17.7 Å². The Labute approximate surface area is 285 Å². The number of halogens is 2. The molecule has 6 atom stereocenters. The fourth-order valence-corrected chi connectivity index (χ4v) is 6.33. The van der Waals surface area contributed by atoms with Crippen LogP contribution in [-0.2, 0) is 24.0 Å². The molecule has 1 aromatic heterocycles. The fraction of sp³-hybridized carbons (Fsp3) is 0.647. The van der Waals surface area contributed by atoms with Crippen LogP contribution in [0.3, 0.4) is 0 Å². The Bertz CT molecular complexity index is 1420. The monoisotopic (exact) mass is 689 g/mol. The summed E-state index contributed by atoms with van der Waals surface area (Å²) in [6.45, 7) is 12.7. The highest BCUT2D eigenvalue weighted by molar-refractivity contribution is 6.43. The Kier molecular flexibility index (Phi) is 13.5. The summed E-state index contributed by atoms with van der Waals surface area (Å²) < 4.78 is 27.0. The molecule has 1 aliphatic carbocycles. The Morgan fingerprint density at radius 2 is 1.71 bits per heavy atom. The number of ketones is 1. The summed E-state index contributed by atoms with van der Waals surface area (Å²) in [6, 6.07) is -3.71. The number of aromatic nitrogens is 2.